The lowest BCUT2D eigenvalue weighted by atomic mass is 9.94. The highest BCUT2D eigenvalue weighted by Gasteiger charge is 2.23. The molecule has 0 saturated carbocycles. The molecule has 1 aromatic heterocycles. The maximum atomic E-state index is 12.0. The van der Waals surface area contributed by atoms with E-state index in [1.54, 1.807) is 5.48 Å². The second kappa shape index (κ2) is 5.73. The Morgan fingerprint density at radius 1 is 0.952 bits per heavy atom. The molecule has 104 valence electrons. The summed E-state index contributed by atoms with van der Waals surface area (Å²) < 4.78 is 0. The summed E-state index contributed by atoms with van der Waals surface area (Å²) in [6, 6.07) is 20.7. The third kappa shape index (κ3) is 2.61. The van der Waals surface area contributed by atoms with E-state index >= 15 is 0 Å². The van der Waals surface area contributed by atoms with Crippen LogP contribution in [0.25, 0.3) is 10.9 Å². The summed E-state index contributed by atoms with van der Waals surface area (Å²) in [5.74, 6) is -1.13. The molecule has 1 atom stereocenters. The minimum atomic E-state index is -0.638. The van der Waals surface area contributed by atoms with E-state index in [9.17, 15) is 4.79 Å². The number of hydroxylamine groups is 1. The second-order valence-corrected chi connectivity index (χ2v) is 4.75. The summed E-state index contributed by atoms with van der Waals surface area (Å²) in [4.78, 5) is 16.6. The van der Waals surface area contributed by atoms with Gasteiger partial charge in [-0.05, 0) is 17.7 Å². The van der Waals surface area contributed by atoms with E-state index in [1.807, 2.05) is 66.7 Å². The van der Waals surface area contributed by atoms with E-state index in [1.165, 1.54) is 0 Å². The largest absolute Gasteiger partial charge is 0.289 e. The molecule has 4 nitrogen and oxygen atoms in total. The highest BCUT2D eigenvalue weighted by atomic mass is 16.5. The molecule has 0 saturated heterocycles. The minimum absolute atomic E-state index is 0.496. The zero-order valence-corrected chi connectivity index (χ0v) is 11.2. The molecule has 4 heteroatoms. The first-order valence-electron chi connectivity index (χ1n) is 6.64. The van der Waals surface area contributed by atoms with Crippen molar-refractivity contribution >= 4 is 16.8 Å². The van der Waals surface area contributed by atoms with Crippen molar-refractivity contribution in [3.05, 3.63) is 78.0 Å². The first-order valence-corrected chi connectivity index (χ1v) is 6.64. The molecule has 0 aliphatic carbocycles. The zero-order valence-electron chi connectivity index (χ0n) is 11.2. The lowest BCUT2D eigenvalue weighted by molar-refractivity contribution is -0.129. The van der Waals surface area contributed by atoms with Gasteiger partial charge in [-0.2, -0.15) is 0 Å². The number of nitrogens with one attached hydrogen (secondary N) is 1. The van der Waals surface area contributed by atoms with Crippen LogP contribution in [0.1, 0.15) is 17.2 Å². The number of carbonyl (C=O) groups is 1. The molecular formula is C17H14N2O2. The number of hydrogen-bond donors (Lipinski definition) is 2. The van der Waals surface area contributed by atoms with Gasteiger partial charge in [0.25, 0.3) is 5.91 Å². The summed E-state index contributed by atoms with van der Waals surface area (Å²) >= 11 is 0. The van der Waals surface area contributed by atoms with Gasteiger partial charge in [0, 0.05) is 5.39 Å². The SMILES string of the molecule is O=C(NO)C(c1ccccc1)c1ccc2ccccc2n1. The quantitative estimate of drug-likeness (QED) is 0.572. The van der Waals surface area contributed by atoms with Gasteiger partial charge in [0.1, 0.15) is 5.92 Å². The van der Waals surface area contributed by atoms with Gasteiger partial charge >= 0.3 is 0 Å². The van der Waals surface area contributed by atoms with Crippen molar-refractivity contribution in [2.24, 2.45) is 0 Å². The van der Waals surface area contributed by atoms with Gasteiger partial charge in [0.05, 0.1) is 11.2 Å². The molecule has 1 heterocycles. The number of nitrogens with zero attached hydrogens (tertiary/aromatic N) is 1. The molecule has 0 fully saturated rings. The molecule has 0 spiro atoms. The fraction of sp³-hybridized carbons (Fsp3) is 0.0588. The Morgan fingerprint density at radius 3 is 2.43 bits per heavy atom. The van der Waals surface area contributed by atoms with E-state index in [0.29, 0.717) is 5.69 Å². The molecule has 0 aliphatic rings. The Kier molecular flexibility index (Phi) is 3.62. The molecule has 3 rings (SSSR count). The standard InChI is InChI=1S/C17H14N2O2/c20-17(19-21)16(13-7-2-1-3-8-13)15-11-10-12-6-4-5-9-14(12)18-15/h1-11,16,21H,(H,19,20). The van der Waals surface area contributed by atoms with Crippen LogP contribution in [0.4, 0.5) is 0 Å². The predicted octanol–water partition coefficient (Wildman–Crippen LogP) is 2.87. The van der Waals surface area contributed by atoms with Crippen LogP contribution < -0.4 is 5.48 Å². The highest BCUT2D eigenvalue weighted by molar-refractivity contribution is 5.87. The Morgan fingerprint density at radius 2 is 1.67 bits per heavy atom. The van der Waals surface area contributed by atoms with Gasteiger partial charge in [-0.15, -0.1) is 0 Å². The van der Waals surface area contributed by atoms with E-state index in [-0.39, 0.29) is 0 Å². The molecule has 2 N–H and O–H groups in total. The number of aromatic nitrogens is 1. The Bertz CT molecular complexity index is 772. The van der Waals surface area contributed by atoms with Crippen molar-refractivity contribution in [2.45, 2.75) is 5.92 Å². The predicted molar refractivity (Wildman–Crippen MR) is 80.0 cm³/mol. The number of fused-ring (bicyclic) bond motifs is 1. The van der Waals surface area contributed by atoms with Gasteiger partial charge in [0.2, 0.25) is 0 Å². The Balaban J connectivity index is 2.12. The minimum Gasteiger partial charge on any atom is -0.289 e. The fourth-order valence-corrected chi connectivity index (χ4v) is 2.41. The molecule has 1 amide bonds. The molecule has 0 bridgehead atoms. The van der Waals surface area contributed by atoms with Crippen molar-refractivity contribution in [1.29, 1.82) is 0 Å². The number of para-hydroxylation sites is 1. The van der Waals surface area contributed by atoms with Gasteiger partial charge in [0.15, 0.2) is 0 Å². The summed E-state index contributed by atoms with van der Waals surface area (Å²) in [5.41, 5.74) is 3.94. The number of benzene rings is 2. The van der Waals surface area contributed by atoms with Gasteiger partial charge in [-0.3, -0.25) is 15.0 Å². The maximum Gasteiger partial charge on any atom is 0.256 e. The van der Waals surface area contributed by atoms with Crippen molar-refractivity contribution in [3.8, 4) is 0 Å². The molecule has 0 radical (unpaired) electrons. The van der Waals surface area contributed by atoms with E-state index < -0.39 is 11.8 Å². The van der Waals surface area contributed by atoms with E-state index in [0.717, 1.165) is 16.5 Å². The molecule has 0 aliphatic heterocycles. The van der Waals surface area contributed by atoms with Crippen LogP contribution in [-0.2, 0) is 4.79 Å². The summed E-state index contributed by atoms with van der Waals surface area (Å²) in [7, 11) is 0. The highest BCUT2D eigenvalue weighted by Crippen LogP contribution is 2.25. The number of rotatable bonds is 3. The van der Waals surface area contributed by atoms with Crippen molar-refractivity contribution in [3.63, 3.8) is 0 Å². The average Bonchev–Trinajstić information content (AvgIpc) is 2.56. The third-order valence-corrected chi connectivity index (χ3v) is 3.42. The lowest BCUT2D eigenvalue weighted by Gasteiger charge is -2.15. The third-order valence-electron chi connectivity index (χ3n) is 3.42. The Hall–Kier alpha value is -2.72. The van der Waals surface area contributed by atoms with Gasteiger partial charge < -0.3 is 0 Å². The first-order chi connectivity index (χ1) is 10.3. The average molecular weight is 278 g/mol. The van der Waals surface area contributed by atoms with Crippen molar-refractivity contribution in [2.75, 3.05) is 0 Å². The maximum absolute atomic E-state index is 12.0. The first kappa shape index (κ1) is 13.3. The number of carbonyl (C=O) groups excluding carboxylic acids is 1. The smallest absolute Gasteiger partial charge is 0.256 e. The van der Waals surface area contributed by atoms with Crippen LogP contribution in [0.5, 0.6) is 0 Å². The van der Waals surface area contributed by atoms with Crippen molar-refractivity contribution < 1.29 is 10.0 Å². The summed E-state index contributed by atoms with van der Waals surface area (Å²) in [5, 5.41) is 10.0. The molecule has 21 heavy (non-hydrogen) atoms. The molecule has 1 unspecified atom stereocenters. The normalized spacial score (nSPS) is 12.0. The van der Waals surface area contributed by atoms with Crippen LogP contribution in [0.2, 0.25) is 0 Å². The molecular weight excluding hydrogens is 264 g/mol. The van der Waals surface area contributed by atoms with Crippen molar-refractivity contribution in [1.82, 2.24) is 10.5 Å². The zero-order chi connectivity index (χ0) is 14.7. The van der Waals surface area contributed by atoms with Crippen LogP contribution in [0.15, 0.2) is 66.7 Å². The lowest BCUT2D eigenvalue weighted by Crippen LogP contribution is -2.27. The van der Waals surface area contributed by atoms with E-state index in [2.05, 4.69) is 4.98 Å². The van der Waals surface area contributed by atoms with Crippen LogP contribution >= 0.6 is 0 Å². The number of hydrogen-bond acceptors (Lipinski definition) is 3. The molecule has 2 aromatic carbocycles. The molecule has 3 aromatic rings. The number of pyridine rings is 1. The van der Waals surface area contributed by atoms with Crippen LogP contribution in [-0.4, -0.2) is 16.1 Å². The van der Waals surface area contributed by atoms with Gasteiger partial charge in [-0.25, -0.2) is 5.48 Å². The summed E-state index contributed by atoms with van der Waals surface area (Å²) in [6.07, 6.45) is 0. The van der Waals surface area contributed by atoms with Crippen LogP contribution in [0.3, 0.4) is 0 Å². The monoisotopic (exact) mass is 278 g/mol. The second-order valence-electron chi connectivity index (χ2n) is 4.75. The Labute approximate surface area is 122 Å². The summed E-state index contributed by atoms with van der Waals surface area (Å²) in [6.45, 7) is 0. The fourth-order valence-electron chi connectivity index (χ4n) is 2.41. The number of amides is 1. The van der Waals surface area contributed by atoms with E-state index in [4.69, 9.17) is 5.21 Å². The van der Waals surface area contributed by atoms with Gasteiger partial charge in [-0.1, -0.05) is 54.6 Å². The topological polar surface area (TPSA) is 62.2 Å². The van der Waals surface area contributed by atoms with Crippen LogP contribution in [0, 0.1) is 0 Å².